The summed E-state index contributed by atoms with van der Waals surface area (Å²) >= 11 is 0. The first-order chi connectivity index (χ1) is 8.08. The van der Waals surface area contributed by atoms with Crippen LogP contribution in [0.2, 0.25) is 0 Å². The summed E-state index contributed by atoms with van der Waals surface area (Å²) in [6.45, 7) is 3.98. The molecule has 2 rings (SSSR count). The molecule has 7 nitrogen and oxygen atoms in total. The Hall–Kier alpha value is -1.60. The summed E-state index contributed by atoms with van der Waals surface area (Å²) in [5.41, 5.74) is 0.183. The van der Waals surface area contributed by atoms with Crippen LogP contribution in [0.15, 0.2) is 12.3 Å². The fourth-order valence-corrected chi connectivity index (χ4v) is 1.90. The molecule has 0 aliphatic carbocycles. The van der Waals surface area contributed by atoms with Crippen molar-refractivity contribution in [3.63, 3.8) is 0 Å². The van der Waals surface area contributed by atoms with E-state index in [9.17, 15) is 14.9 Å². The number of piperazine rings is 1. The van der Waals surface area contributed by atoms with Crippen LogP contribution in [-0.2, 0) is 0 Å². The van der Waals surface area contributed by atoms with Crippen LogP contribution in [0.3, 0.4) is 0 Å². The molecule has 0 aromatic carbocycles. The third-order valence-corrected chi connectivity index (χ3v) is 2.76. The first-order valence-corrected chi connectivity index (χ1v) is 5.43. The third kappa shape index (κ3) is 2.99. The zero-order valence-electron chi connectivity index (χ0n) is 9.88. The Morgan fingerprint density at radius 2 is 2.33 bits per heavy atom. The minimum atomic E-state index is -0.520. The Labute approximate surface area is 110 Å². The van der Waals surface area contributed by atoms with Crippen molar-refractivity contribution in [2.45, 2.75) is 13.0 Å². The Morgan fingerprint density at radius 1 is 1.61 bits per heavy atom. The largest absolute Gasteiger partial charge is 0.351 e. The van der Waals surface area contributed by atoms with Crippen LogP contribution in [0, 0.1) is 10.1 Å². The number of carbonyl (C=O) groups excluding carboxylic acids is 1. The number of hydrogen-bond donors (Lipinski definition) is 2. The molecule has 1 saturated heterocycles. The maximum Gasteiger partial charge on any atom is 0.287 e. The highest BCUT2D eigenvalue weighted by Crippen LogP contribution is 2.14. The van der Waals surface area contributed by atoms with Gasteiger partial charge in [-0.2, -0.15) is 0 Å². The van der Waals surface area contributed by atoms with E-state index in [1.54, 1.807) is 4.90 Å². The monoisotopic (exact) mass is 274 g/mol. The highest BCUT2D eigenvalue weighted by molar-refractivity contribution is 5.93. The van der Waals surface area contributed by atoms with Crippen molar-refractivity contribution in [3.05, 3.63) is 28.1 Å². The second-order valence-electron chi connectivity index (χ2n) is 4.14. The number of carbonyl (C=O) groups is 1. The van der Waals surface area contributed by atoms with E-state index >= 15 is 0 Å². The Bertz CT molecular complexity index is 448. The zero-order chi connectivity index (χ0) is 12.4. The summed E-state index contributed by atoms with van der Waals surface area (Å²) in [6.07, 6.45) is 1.23. The van der Waals surface area contributed by atoms with E-state index in [-0.39, 0.29) is 35.7 Å². The van der Waals surface area contributed by atoms with Crippen LogP contribution >= 0.6 is 12.4 Å². The number of nitrogens with zero attached hydrogens (tertiary/aromatic N) is 2. The number of hydrogen-bond acceptors (Lipinski definition) is 4. The minimum Gasteiger partial charge on any atom is -0.351 e. The molecule has 0 unspecified atom stereocenters. The van der Waals surface area contributed by atoms with Gasteiger partial charge >= 0.3 is 0 Å². The first-order valence-electron chi connectivity index (χ1n) is 5.43. The summed E-state index contributed by atoms with van der Waals surface area (Å²) in [5.74, 6) is -0.188. The molecule has 1 atom stereocenters. The highest BCUT2D eigenvalue weighted by Gasteiger charge is 2.23. The minimum absolute atomic E-state index is 0. The standard InChI is InChI=1S/C10H14N4O3.ClH/c1-7-6-13(3-2-11-7)10(15)9-4-8(5-12-9)14(16)17;/h4-5,7,11-12H,2-3,6H2,1H3;1H/t7-;/m1./s1. The summed E-state index contributed by atoms with van der Waals surface area (Å²) in [7, 11) is 0. The normalized spacial score (nSPS) is 19.2. The molecule has 0 spiro atoms. The molecule has 2 N–H and O–H groups in total. The number of rotatable bonds is 2. The van der Waals surface area contributed by atoms with Crippen LogP contribution in [-0.4, -0.2) is 46.4 Å². The van der Waals surface area contributed by atoms with Crippen molar-refractivity contribution < 1.29 is 9.72 Å². The van der Waals surface area contributed by atoms with E-state index in [0.717, 1.165) is 6.54 Å². The molecule has 2 heterocycles. The molecule has 1 aliphatic rings. The van der Waals surface area contributed by atoms with Gasteiger partial charge in [-0.05, 0) is 6.92 Å². The maximum absolute atomic E-state index is 12.0. The Kier molecular flexibility index (Phi) is 4.69. The number of H-pyrrole nitrogens is 1. The van der Waals surface area contributed by atoms with Crippen LogP contribution in [0.4, 0.5) is 5.69 Å². The lowest BCUT2D eigenvalue weighted by molar-refractivity contribution is -0.384. The van der Waals surface area contributed by atoms with E-state index < -0.39 is 4.92 Å². The van der Waals surface area contributed by atoms with Gasteiger partial charge in [0.1, 0.15) is 5.69 Å². The lowest BCUT2D eigenvalue weighted by atomic mass is 10.2. The summed E-state index contributed by atoms with van der Waals surface area (Å²) in [4.78, 5) is 26.4. The lowest BCUT2D eigenvalue weighted by Gasteiger charge is -2.31. The highest BCUT2D eigenvalue weighted by atomic mass is 35.5. The molecule has 1 aromatic heterocycles. The molecule has 18 heavy (non-hydrogen) atoms. The van der Waals surface area contributed by atoms with Crippen molar-refractivity contribution in [2.75, 3.05) is 19.6 Å². The second kappa shape index (κ2) is 5.83. The predicted octanol–water partition coefficient (Wildman–Crippen LogP) is 0.779. The molecule has 1 fully saturated rings. The van der Waals surface area contributed by atoms with Crippen LogP contribution in [0.25, 0.3) is 0 Å². The average molecular weight is 275 g/mol. The molecule has 1 amide bonds. The number of nitrogens with one attached hydrogen (secondary N) is 2. The van der Waals surface area contributed by atoms with Gasteiger partial charge in [0.05, 0.1) is 11.1 Å². The van der Waals surface area contributed by atoms with Crippen LogP contribution in [0.5, 0.6) is 0 Å². The van der Waals surface area contributed by atoms with Crippen molar-refractivity contribution >= 4 is 24.0 Å². The van der Waals surface area contributed by atoms with Crippen molar-refractivity contribution in [1.29, 1.82) is 0 Å². The molecule has 1 aromatic rings. The lowest BCUT2D eigenvalue weighted by Crippen LogP contribution is -2.51. The van der Waals surface area contributed by atoms with Crippen molar-refractivity contribution in [1.82, 2.24) is 15.2 Å². The van der Waals surface area contributed by atoms with Gasteiger partial charge in [-0.3, -0.25) is 14.9 Å². The van der Waals surface area contributed by atoms with E-state index in [0.29, 0.717) is 13.1 Å². The van der Waals surface area contributed by atoms with Crippen molar-refractivity contribution in [3.8, 4) is 0 Å². The number of nitro groups is 1. The molecular formula is C10H15ClN4O3. The quantitative estimate of drug-likeness (QED) is 0.616. The second-order valence-corrected chi connectivity index (χ2v) is 4.14. The average Bonchev–Trinajstić information content (AvgIpc) is 2.77. The molecule has 100 valence electrons. The van der Waals surface area contributed by atoms with Gasteiger partial charge in [0, 0.05) is 31.7 Å². The fourth-order valence-electron chi connectivity index (χ4n) is 1.90. The fraction of sp³-hybridized carbons (Fsp3) is 0.500. The Balaban J connectivity index is 0.00000162. The SMILES string of the molecule is C[C@@H]1CN(C(=O)c2cc([N+](=O)[O-])c[nH]2)CCN1.Cl. The molecule has 0 radical (unpaired) electrons. The first kappa shape index (κ1) is 14.5. The zero-order valence-corrected chi connectivity index (χ0v) is 10.7. The van der Waals surface area contributed by atoms with Gasteiger partial charge in [0.25, 0.3) is 11.6 Å². The maximum atomic E-state index is 12.0. The van der Waals surface area contributed by atoms with E-state index in [2.05, 4.69) is 10.3 Å². The van der Waals surface area contributed by atoms with Gasteiger partial charge in [-0.15, -0.1) is 12.4 Å². The predicted molar refractivity (Wildman–Crippen MR) is 68.1 cm³/mol. The molecule has 0 saturated carbocycles. The van der Waals surface area contributed by atoms with E-state index in [4.69, 9.17) is 0 Å². The molecule has 0 bridgehead atoms. The van der Waals surface area contributed by atoms with E-state index in [1.165, 1.54) is 12.3 Å². The summed E-state index contributed by atoms with van der Waals surface area (Å²) in [5, 5.41) is 13.7. The smallest absolute Gasteiger partial charge is 0.287 e. The Morgan fingerprint density at radius 3 is 2.89 bits per heavy atom. The number of amides is 1. The third-order valence-electron chi connectivity index (χ3n) is 2.76. The molecular weight excluding hydrogens is 260 g/mol. The molecule has 1 aliphatic heterocycles. The van der Waals surface area contributed by atoms with Gasteiger partial charge in [-0.25, -0.2) is 0 Å². The van der Waals surface area contributed by atoms with Crippen LogP contribution < -0.4 is 5.32 Å². The summed E-state index contributed by atoms with van der Waals surface area (Å²) < 4.78 is 0. The van der Waals surface area contributed by atoms with Gasteiger partial charge in [-0.1, -0.05) is 0 Å². The number of aromatic amines is 1. The van der Waals surface area contributed by atoms with Gasteiger partial charge < -0.3 is 15.2 Å². The van der Waals surface area contributed by atoms with Crippen molar-refractivity contribution in [2.24, 2.45) is 0 Å². The topological polar surface area (TPSA) is 91.3 Å². The van der Waals surface area contributed by atoms with Gasteiger partial charge in [0.15, 0.2) is 0 Å². The van der Waals surface area contributed by atoms with E-state index in [1.807, 2.05) is 6.92 Å². The number of aromatic nitrogens is 1. The number of halogens is 1. The molecule has 8 heteroatoms. The van der Waals surface area contributed by atoms with Gasteiger partial charge in [0.2, 0.25) is 0 Å². The van der Waals surface area contributed by atoms with Crippen LogP contribution in [0.1, 0.15) is 17.4 Å². The summed E-state index contributed by atoms with van der Waals surface area (Å²) in [6, 6.07) is 1.52.